The van der Waals surface area contributed by atoms with Crippen LogP contribution in [0.25, 0.3) is 6.08 Å². The summed E-state index contributed by atoms with van der Waals surface area (Å²) < 4.78 is 7.83. The first kappa shape index (κ1) is 21.3. The van der Waals surface area contributed by atoms with Crippen molar-refractivity contribution in [2.24, 2.45) is 7.05 Å². The van der Waals surface area contributed by atoms with Crippen LogP contribution in [-0.2, 0) is 20.2 Å². The second-order valence-corrected chi connectivity index (χ2v) is 8.65. The van der Waals surface area contributed by atoms with Crippen molar-refractivity contribution in [3.8, 4) is 5.75 Å². The number of aryl methyl sites for hydroxylation is 1. The molecule has 31 heavy (non-hydrogen) atoms. The molecular weight excluding hydrogens is 408 g/mol. The van der Waals surface area contributed by atoms with Crippen LogP contribution in [0, 0.1) is 0 Å². The Morgan fingerprint density at radius 1 is 1.19 bits per heavy atom. The van der Waals surface area contributed by atoms with Crippen LogP contribution in [0.1, 0.15) is 33.3 Å². The minimum absolute atomic E-state index is 0.117. The van der Waals surface area contributed by atoms with E-state index in [2.05, 4.69) is 10.00 Å². The zero-order chi connectivity index (χ0) is 21.6. The fourth-order valence-electron chi connectivity index (χ4n) is 3.73. The molecule has 7 heteroatoms. The number of benzene rings is 1. The highest BCUT2D eigenvalue weighted by atomic mass is 32.1. The molecule has 0 bridgehead atoms. The zero-order valence-corrected chi connectivity index (χ0v) is 18.8. The normalized spacial score (nSPS) is 15.0. The van der Waals surface area contributed by atoms with E-state index in [1.54, 1.807) is 0 Å². The molecule has 1 saturated heterocycles. The summed E-state index contributed by atoms with van der Waals surface area (Å²) in [5.74, 6) is 0.969. The highest BCUT2D eigenvalue weighted by molar-refractivity contribution is 7.12. The highest BCUT2D eigenvalue weighted by Crippen LogP contribution is 2.23. The smallest absolute Gasteiger partial charge is 0.264 e. The predicted octanol–water partition coefficient (Wildman–Crippen LogP) is 4.05. The molecule has 1 amide bonds. The number of allylic oxidation sites excluding steroid dienone is 1. The van der Waals surface area contributed by atoms with Crippen LogP contribution in [-0.4, -0.2) is 51.7 Å². The lowest BCUT2D eigenvalue weighted by atomic mass is 10.2. The van der Waals surface area contributed by atoms with Crippen LogP contribution in [0.15, 0.2) is 54.2 Å². The molecule has 0 saturated carbocycles. The van der Waals surface area contributed by atoms with Crippen molar-refractivity contribution in [1.82, 2.24) is 19.6 Å². The molecule has 3 aromatic rings. The third-order valence-electron chi connectivity index (χ3n) is 5.35. The molecule has 1 aromatic carbocycles. The number of para-hydroxylation sites is 1. The molecule has 4 rings (SSSR count). The Kier molecular flexibility index (Phi) is 6.84. The average molecular weight is 437 g/mol. The van der Waals surface area contributed by atoms with E-state index in [1.165, 1.54) is 16.9 Å². The van der Waals surface area contributed by atoms with Crippen LogP contribution in [0.4, 0.5) is 0 Å². The van der Waals surface area contributed by atoms with E-state index >= 15 is 0 Å². The number of hydrogen-bond acceptors (Lipinski definition) is 5. The van der Waals surface area contributed by atoms with Crippen molar-refractivity contribution >= 4 is 23.3 Å². The molecule has 0 atom stereocenters. The van der Waals surface area contributed by atoms with E-state index < -0.39 is 0 Å². The van der Waals surface area contributed by atoms with Gasteiger partial charge in [-0.2, -0.15) is 5.10 Å². The summed E-state index contributed by atoms with van der Waals surface area (Å²) in [6.07, 6.45) is 7.99. The molecule has 3 heterocycles. The average Bonchev–Trinajstić information content (AvgIpc) is 3.42. The van der Waals surface area contributed by atoms with Gasteiger partial charge in [-0.3, -0.25) is 14.4 Å². The molecule has 0 spiro atoms. The zero-order valence-electron chi connectivity index (χ0n) is 18.0. The third kappa shape index (κ3) is 5.42. The number of rotatable bonds is 7. The standard InChI is InChI=1S/C24H28N4O2S/c1-3-6-21-7-4-5-8-22(21)30-17-19-13-23(31-18-19)24(29)28-11-9-27(10-12-28)16-20-14-25-26(2)15-20/h3-8,13-15,18H,9-12,16-17H2,1-2H3/b6-3+. The maximum Gasteiger partial charge on any atom is 0.264 e. The van der Waals surface area contributed by atoms with Gasteiger partial charge < -0.3 is 9.64 Å². The third-order valence-corrected chi connectivity index (χ3v) is 6.32. The second kappa shape index (κ2) is 9.94. The molecular formula is C24H28N4O2S. The number of carbonyl (C=O) groups is 1. The molecule has 0 radical (unpaired) electrons. The summed E-state index contributed by atoms with van der Waals surface area (Å²) >= 11 is 1.50. The molecule has 1 fully saturated rings. The van der Waals surface area contributed by atoms with Crippen molar-refractivity contribution in [3.63, 3.8) is 0 Å². The number of amides is 1. The van der Waals surface area contributed by atoms with Gasteiger partial charge in [-0.1, -0.05) is 30.4 Å². The Bertz CT molecular complexity index is 1050. The Labute approximate surface area is 187 Å². The van der Waals surface area contributed by atoms with Crippen molar-refractivity contribution in [2.45, 2.75) is 20.1 Å². The van der Waals surface area contributed by atoms with Crippen LogP contribution in [0.2, 0.25) is 0 Å². The minimum Gasteiger partial charge on any atom is -0.488 e. The van der Waals surface area contributed by atoms with Gasteiger partial charge in [-0.15, -0.1) is 11.3 Å². The maximum atomic E-state index is 12.9. The van der Waals surface area contributed by atoms with Gasteiger partial charge in [-0.05, 0) is 24.4 Å². The quantitative estimate of drug-likeness (QED) is 0.561. The van der Waals surface area contributed by atoms with Gasteiger partial charge in [0, 0.05) is 62.7 Å². The number of ether oxygens (including phenoxy) is 1. The van der Waals surface area contributed by atoms with E-state index in [-0.39, 0.29) is 5.91 Å². The van der Waals surface area contributed by atoms with Gasteiger partial charge in [0.2, 0.25) is 0 Å². The van der Waals surface area contributed by atoms with Crippen molar-refractivity contribution in [1.29, 1.82) is 0 Å². The van der Waals surface area contributed by atoms with Gasteiger partial charge in [-0.25, -0.2) is 0 Å². The van der Waals surface area contributed by atoms with Crippen LogP contribution in [0.3, 0.4) is 0 Å². The van der Waals surface area contributed by atoms with Gasteiger partial charge in [0.25, 0.3) is 5.91 Å². The Balaban J connectivity index is 1.29. The largest absolute Gasteiger partial charge is 0.488 e. The first-order chi connectivity index (χ1) is 15.1. The summed E-state index contributed by atoms with van der Waals surface area (Å²) in [7, 11) is 1.93. The topological polar surface area (TPSA) is 50.6 Å². The van der Waals surface area contributed by atoms with E-state index in [1.807, 2.05) is 83.8 Å². The predicted molar refractivity (Wildman–Crippen MR) is 124 cm³/mol. The molecule has 2 aromatic heterocycles. The van der Waals surface area contributed by atoms with E-state index in [0.29, 0.717) is 6.61 Å². The highest BCUT2D eigenvalue weighted by Gasteiger charge is 2.23. The molecule has 6 nitrogen and oxygen atoms in total. The number of aromatic nitrogens is 2. The van der Waals surface area contributed by atoms with Crippen molar-refractivity contribution in [3.05, 3.63) is 75.7 Å². The molecule has 1 aliphatic heterocycles. The summed E-state index contributed by atoms with van der Waals surface area (Å²) in [5, 5.41) is 6.25. The van der Waals surface area contributed by atoms with Gasteiger partial charge >= 0.3 is 0 Å². The number of hydrogen-bond donors (Lipinski definition) is 0. The van der Waals surface area contributed by atoms with Crippen LogP contribution < -0.4 is 4.74 Å². The number of piperazine rings is 1. The first-order valence-electron chi connectivity index (χ1n) is 10.5. The molecule has 1 aliphatic rings. The summed E-state index contributed by atoms with van der Waals surface area (Å²) in [6, 6.07) is 9.94. The molecule has 0 unspecified atom stereocenters. The van der Waals surface area contributed by atoms with E-state index in [9.17, 15) is 4.79 Å². The molecule has 0 N–H and O–H groups in total. The van der Waals surface area contributed by atoms with Gasteiger partial charge in [0.05, 0.1) is 11.1 Å². The number of thiophene rings is 1. The Morgan fingerprint density at radius 2 is 2.00 bits per heavy atom. The van der Waals surface area contributed by atoms with Crippen molar-refractivity contribution < 1.29 is 9.53 Å². The monoisotopic (exact) mass is 436 g/mol. The lowest BCUT2D eigenvalue weighted by Crippen LogP contribution is -2.48. The SMILES string of the molecule is C/C=C/c1ccccc1OCc1csc(C(=O)N2CCN(Cc3cnn(C)c3)CC2)c1. The fourth-order valence-corrected chi connectivity index (χ4v) is 4.59. The summed E-state index contributed by atoms with van der Waals surface area (Å²) in [6.45, 7) is 6.58. The summed E-state index contributed by atoms with van der Waals surface area (Å²) in [5.41, 5.74) is 3.29. The Hall–Kier alpha value is -2.90. The number of nitrogens with zero attached hydrogens (tertiary/aromatic N) is 4. The Morgan fingerprint density at radius 3 is 2.74 bits per heavy atom. The molecule has 162 valence electrons. The first-order valence-corrected chi connectivity index (χ1v) is 11.4. The van der Waals surface area contributed by atoms with Gasteiger partial charge in [0.15, 0.2) is 0 Å². The van der Waals surface area contributed by atoms with Crippen LogP contribution >= 0.6 is 11.3 Å². The van der Waals surface area contributed by atoms with Crippen LogP contribution in [0.5, 0.6) is 5.75 Å². The number of carbonyl (C=O) groups excluding carboxylic acids is 1. The fraction of sp³-hybridized carbons (Fsp3) is 0.333. The summed E-state index contributed by atoms with van der Waals surface area (Å²) in [4.78, 5) is 18.1. The lowest BCUT2D eigenvalue weighted by Gasteiger charge is -2.34. The molecule has 0 aliphatic carbocycles. The van der Waals surface area contributed by atoms with E-state index in [4.69, 9.17) is 4.74 Å². The maximum absolute atomic E-state index is 12.9. The van der Waals surface area contributed by atoms with E-state index in [0.717, 1.165) is 54.5 Å². The van der Waals surface area contributed by atoms with Gasteiger partial charge in [0.1, 0.15) is 12.4 Å². The lowest BCUT2D eigenvalue weighted by molar-refractivity contribution is 0.0633. The minimum atomic E-state index is 0.117. The van der Waals surface area contributed by atoms with Crippen molar-refractivity contribution in [2.75, 3.05) is 26.2 Å². The second-order valence-electron chi connectivity index (χ2n) is 7.74.